The molecule has 2 fully saturated rings. The maximum absolute atomic E-state index is 12.3. The number of hydrogen-bond acceptors (Lipinski definition) is 5. The van der Waals surface area contributed by atoms with Crippen LogP contribution in [0.4, 0.5) is 10.6 Å². The van der Waals surface area contributed by atoms with Crippen molar-refractivity contribution in [3.63, 3.8) is 0 Å². The van der Waals surface area contributed by atoms with E-state index >= 15 is 0 Å². The second kappa shape index (κ2) is 7.21. The van der Waals surface area contributed by atoms with Crippen LogP contribution in [0.2, 0.25) is 0 Å². The van der Waals surface area contributed by atoms with Gasteiger partial charge in [-0.15, -0.1) is 0 Å². The average Bonchev–Trinajstić information content (AvgIpc) is 3.13. The Bertz CT molecular complexity index is 594. The van der Waals surface area contributed by atoms with Crippen LogP contribution < -0.4 is 5.32 Å². The van der Waals surface area contributed by atoms with Crippen LogP contribution in [-0.4, -0.2) is 77.1 Å². The summed E-state index contributed by atoms with van der Waals surface area (Å²) in [7, 11) is 0. The molecule has 0 atom stereocenters. The number of aryl methyl sites for hydroxylation is 1. The molecule has 0 bridgehead atoms. The summed E-state index contributed by atoms with van der Waals surface area (Å²) in [4.78, 5) is 30.3. The van der Waals surface area contributed by atoms with Crippen LogP contribution in [0.1, 0.15) is 25.5 Å². The lowest BCUT2D eigenvalue weighted by Crippen LogP contribution is -2.48. The van der Waals surface area contributed by atoms with Gasteiger partial charge in [0.2, 0.25) is 5.91 Å². The molecule has 2 saturated heterocycles. The third kappa shape index (κ3) is 3.69. The Labute approximate surface area is 141 Å². The third-order valence-electron chi connectivity index (χ3n) is 4.77. The van der Waals surface area contributed by atoms with Crippen molar-refractivity contribution >= 4 is 17.8 Å². The van der Waals surface area contributed by atoms with E-state index in [9.17, 15) is 9.59 Å². The number of hydrogen-bond donors (Lipinski definition) is 1. The van der Waals surface area contributed by atoms with Crippen molar-refractivity contribution in [2.24, 2.45) is 0 Å². The summed E-state index contributed by atoms with van der Waals surface area (Å²) in [5.74, 6) is 1.04. The number of urea groups is 1. The monoisotopic (exact) mass is 335 g/mol. The summed E-state index contributed by atoms with van der Waals surface area (Å²) in [5.41, 5.74) is 0. The quantitative estimate of drug-likeness (QED) is 0.873. The molecule has 0 aromatic carbocycles. The molecule has 2 aliphatic rings. The largest absolute Gasteiger partial charge is 0.360 e. The summed E-state index contributed by atoms with van der Waals surface area (Å²) in [6.45, 7) is 8.21. The van der Waals surface area contributed by atoms with Gasteiger partial charge in [0.1, 0.15) is 5.76 Å². The molecule has 1 aromatic heterocycles. The fourth-order valence-corrected chi connectivity index (χ4v) is 3.43. The highest BCUT2D eigenvalue weighted by Gasteiger charge is 2.34. The Morgan fingerprint density at radius 1 is 1.33 bits per heavy atom. The minimum Gasteiger partial charge on any atom is -0.360 e. The molecule has 1 N–H and O–H groups in total. The smallest absolute Gasteiger partial charge is 0.320 e. The van der Waals surface area contributed by atoms with E-state index in [1.807, 2.05) is 16.7 Å². The molecule has 3 amide bonds. The first-order valence-electron chi connectivity index (χ1n) is 8.58. The Morgan fingerprint density at radius 2 is 2.08 bits per heavy atom. The van der Waals surface area contributed by atoms with Crippen LogP contribution in [0.3, 0.4) is 0 Å². The van der Waals surface area contributed by atoms with Gasteiger partial charge in [-0.1, -0.05) is 5.16 Å². The number of amides is 3. The number of carbonyl (C=O) groups excluding carboxylic acids is 2. The second-order valence-electron chi connectivity index (χ2n) is 6.43. The molecule has 3 rings (SSSR count). The molecule has 0 saturated carbocycles. The molecule has 0 spiro atoms. The zero-order valence-electron chi connectivity index (χ0n) is 14.3. The minimum atomic E-state index is -0.0869. The molecule has 8 nitrogen and oxygen atoms in total. The predicted molar refractivity (Wildman–Crippen MR) is 88.7 cm³/mol. The highest BCUT2D eigenvalue weighted by molar-refractivity contribution is 5.91. The molecule has 0 unspecified atom stereocenters. The van der Waals surface area contributed by atoms with Crippen molar-refractivity contribution in [1.82, 2.24) is 19.9 Å². The lowest BCUT2D eigenvalue weighted by Gasteiger charge is -2.36. The van der Waals surface area contributed by atoms with Gasteiger partial charge in [0, 0.05) is 44.8 Å². The number of nitrogens with one attached hydrogen (secondary N) is 1. The fourth-order valence-electron chi connectivity index (χ4n) is 3.43. The Balaban J connectivity index is 1.44. The van der Waals surface area contributed by atoms with Crippen LogP contribution >= 0.6 is 0 Å². The molecule has 132 valence electrons. The number of carbonyl (C=O) groups is 2. The molecule has 3 heterocycles. The van der Waals surface area contributed by atoms with Gasteiger partial charge in [0.15, 0.2) is 5.82 Å². The van der Waals surface area contributed by atoms with Crippen LogP contribution in [0.25, 0.3) is 0 Å². The number of aromatic nitrogens is 1. The van der Waals surface area contributed by atoms with E-state index in [0.29, 0.717) is 24.2 Å². The summed E-state index contributed by atoms with van der Waals surface area (Å²) in [6.07, 6.45) is 1.83. The number of piperidine rings is 1. The van der Waals surface area contributed by atoms with Crippen LogP contribution in [0.5, 0.6) is 0 Å². The van der Waals surface area contributed by atoms with Gasteiger partial charge < -0.3 is 19.6 Å². The van der Waals surface area contributed by atoms with E-state index in [-0.39, 0.29) is 11.9 Å². The van der Waals surface area contributed by atoms with Crippen molar-refractivity contribution in [1.29, 1.82) is 0 Å². The van der Waals surface area contributed by atoms with Gasteiger partial charge in [-0.25, -0.2) is 4.79 Å². The lowest BCUT2D eigenvalue weighted by atomic mass is 10.0. The highest BCUT2D eigenvalue weighted by atomic mass is 16.5. The molecule has 0 radical (unpaired) electrons. The first-order valence-corrected chi connectivity index (χ1v) is 8.58. The van der Waals surface area contributed by atoms with Gasteiger partial charge in [-0.3, -0.25) is 9.69 Å². The van der Waals surface area contributed by atoms with E-state index < -0.39 is 0 Å². The topological polar surface area (TPSA) is 81.9 Å². The van der Waals surface area contributed by atoms with E-state index in [2.05, 4.69) is 15.4 Å². The van der Waals surface area contributed by atoms with Crippen molar-refractivity contribution in [3.05, 3.63) is 11.8 Å². The van der Waals surface area contributed by atoms with E-state index in [1.165, 1.54) is 0 Å². The van der Waals surface area contributed by atoms with Gasteiger partial charge in [0.05, 0.1) is 6.54 Å². The standard InChI is InChI=1S/C16H25N5O3/c1-3-20-8-9-21(16(20)23)13-4-6-19(7-5-13)11-15(22)17-14-10-12(2)24-18-14/h10,13H,3-9,11H2,1-2H3,(H,17,18,22). The average molecular weight is 335 g/mol. The third-order valence-corrected chi connectivity index (χ3v) is 4.77. The van der Waals surface area contributed by atoms with Crippen LogP contribution in [0.15, 0.2) is 10.6 Å². The summed E-state index contributed by atoms with van der Waals surface area (Å²) >= 11 is 0. The number of rotatable bonds is 5. The van der Waals surface area contributed by atoms with E-state index in [1.54, 1.807) is 13.0 Å². The first-order chi connectivity index (χ1) is 11.6. The minimum absolute atomic E-state index is 0.0869. The molecule has 24 heavy (non-hydrogen) atoms. The van der Waals surface area contributed by atoms with Crippen LogP contribution in [0, 0.1) is 6.92 Å². The Kier molecular flexibility index (Phi) is 5.03. The molecule has 1 aromatic rings. The summed E-state index contributed by atoms with van der Waals surface area (Å²) < 4.78 is 4.93. The molecule has 2 aliphatic heterocycles. The molecule has 8 heteroatoms. The maximum Gasteiger partial charge on any atom is 0.320 e. The molecular weight excluding hydrogens is 310 g/mol. The van der Waals surface area contributed by atoms with Crippen molar-refractivity contribution in [2.75, 3.05) is 44.6 Å². The van der Waals surface area contributed by atoms with Gasteiger partial charge in [-0.05, 0) is 26.7 Å². The Morgan fingerprint density at radius 3 is 2.67 bits per heavy atom. The number of likely N-dealkylation sites (tertiary alicyclic amines) is 1. The van der Waals surface area contributed by atoms with Crippen molar-refractivity contribution in [2.45, 2.75) is 32.7 Å². The molecule has 0 aliphatic carbocycles. The second-order valence-corrected chi connectivity index (χ2v) is 6.43. The zero-order valence-corrected chi connectivity index (χ0v) is 14.3. The van der Waals surface area contributed by atoms with Crippen LogP contribution in [-0.2, 0) is 4.79 Å². The maximum atomic E-state index is 12.3. The van der Waals surface area contributed by atoms with Gasteiger partial charge in [-0.2, -0.15) is 0 Å². The SMILES string of the molecule is CCN1CCN(C2CCN(CC(=O)Nc3cc(C)on3)CC2)C1=O. The normalized spacial score (nSPS) is 20.0. The Hall–Kier alpha value is -2.09. The predicted octanol–water partition coefficient (Wildman–Crippen LogP) is 1.14. The summed E-state index contributed by atoms with van der Waals surface area (Å²) in [5, 5.41) is 6.50. The number of likely N-dealkylation sites (N-methyl/N-ethyl adjacent to an activating group) is 1. The zero-order chi connectivity index (χ0) is 17.1. The van der Waals surface area contributed by atoms with Gasteiger partial charge in [0.25, 0.3) is 0 Å². The first kappa shape index (κ1) is 16.8. The van der Waals surface area contributed by atoms with Gasteiger partial charge >= 0.3 is 6.03 Å². The lowest BCUT2D eigenvalue weighted by molar-refractivity contribution is -0.117. The van der Waals surface area contributed by atoms with E-state index in [0.717, 1.165) is 45.6 Å². The number of anilines is 1. The number of nitrogens with zero attached hydrogens (tertiary/aromatic N) is 4. The molecular formula is C16H25N5O3. The summed E-state index contributed by atoms with van der Waals surface area (Å²) in [6, 6.07) is 2.16. The van der Waals surface area contributed by atoms with Crippen molar-refractivity contribution < 1.29 is 14.1 Å². The van der Waals surface area contributed by atoms with Crippen molar-refractivity contribution in [3.8, 4) is 0 Å². The van der Waals surface area contributed by atoms with E-state index in [4.69, 9.17) is 4.52 Å². The highest BCUT2D eigenvalue weighted by Crippen LogP contribution is 2.21. The fraction of sp³-hybridized carbons (Fsp3) is 0.688.